The molecule has 2 aromatic rings. The number of rotatable bonds is 7. The lowest BCUT2D eigenvalue weighted by Gasteiger charge is -2.15. The van der Waals surface area contributed by atoms with Crippen molar-refractivity contribution in [2.24, 2.45) is 0 Å². The average Bonchev–Trinajstić information content (AvgIpc) is 3.30. The molecule has 0 atom stereocenters. The lowest BCUT2D eigenvalue weighted by atomic mass is 10.2. The van der Waals surface area contributed by atoms with Gasteiger partial charge in [0.2, 0.25) is 5.75 Å². The van der Waals surface area contributed by atoms with Crippen molar-refractivity contribution < 1.29 is 22.6 Å². The van der Waals surface area contributed by atoms with Crippen molar-refractivity contribution >= 4 is 15.7 Å². The van der Waals surface area contributed by atoms with Crippen molar-refractivity contribution in [3.63, 3.8) is 0 Å². The van der Waals surface area contributed by atoms with E-state index < -0.39 is 10.0 Å². The summed E-state index contributed by atoms with van der Waals surface area (Å²) in [6.07, 6.45) is 5.97. The Bertz CT molecular complexity index is 892. The van der Waals surface area contributed by atoms with E-state index >= 15 is 0 Å². The largest absolute Gasteiger partial charge is 0.493 e. The van der Waals surface area contributed by atoms with Crippen molar-refractivity contribution in [2.75, 3.05) is 26.1 Å². The standard InChI is InChI=1S/C18H25N3O5S/c1-12-17(11-21(19-12)14-7-5-6-8-14)27(22,23)20-13-9-15(24-2)18(26-4)16(10-13)25-3/h9-11,14,20H,5-8H2,1-4H3. The number of methoxy groups -OCH3 is 3. The van der Waals surface area contributed by atoms with Crippen LogP contribution in [0.2, 0.25) is 0 Å². The molecule has 8 nitrogen and oxygen atoms in total. The third-order valence-corrected chi connectivity index (χ3v) is 6.26. The lowest BCUT2D eigenvalue weighted by Crippen LogP contribution is -2.14. The lowest BCUT2D eigenvalue weighted by molar-refractivity contribution is 0.325. The molecule has 1 fully saturated rings. The van der Waals surface area contributed by atoms with E-state index in [0.29, 0.717) is 28.6 Å². The fraction of sp³-hybridized carbons (Fsp3) is 0.500. The number of aryl methyl sites for hydroxylation is 1. The van der Waals surface area contributed by atoms with Gasteiger partial charge in [0, 0.05) is 18.3 Å². The highest BCUT2D eigenvalue weighted by Crippen LogP contribution is 2.40. The Morgan fingerprint density at radius 3 is 2.19 bits per heavy atom. The van der Waals surface area contributed by atoms with Crippen LogP contribution >= 0.6 is 0 Å². The Labute approximate surface area is 159 Å². The molecule has 0 radical (unpaired) electrons. The van der Waals surface area contributed by atoms with E-state index in [2.05, 4.69) is 9.82 Å². The van der Waals surface area contributed by atoms with Crippen LogP contribution < -0.4 is 18.9 Å². The molecule has 1 aliphatic carbocycles. The number of ether oxygens (including phenoxy) is 3. The molecule has 0 aliphatic heterocycles. The van der Waals surface area contributed by atoms with E-state index in [-0.39, 0.29) is 10.9 Å². The summed E-state index contributed by atoms with van der Waals surface area (Å²) in [4.78, 5) is 0.170. The van der Waals surface area contributed by atoms with E-state index in [9.17, 15) is 8.42 Å². The molecular formula is C18H25N3O5S. The molecule has 0 spiro atoms. The number of benzene rings is 1. The van der Waals surface area contributed by atoms with Crippen LogP contribution in [-0.4, -0.2) is 39.5 Å². The van der Waals surface area contributed by atoms with E-state index in [1.807, 2.05) is 0 Å². The first-order chi connectivity index (χ1) is 12.9. The third kappa shape index (κ3) is 3.83. The third-order valence-electron chi connectivity index (χ3n) is 4.78. The number of nitrogens with one attached hydrogen (secondary N) is 1. The predicted molar refractivity (Wildman–Crippen MR) is 101 cm³/mol. The summed E-state index contributed by atoms with van der Waals surface area (Å²) >= 11 is 0. The van der Waals surface area contributed by atoms with Crippen LogP contribution in [0.15, 0.2) is 23.2 Å². The zero-order chi connectivity index (χ0) is 19.6. The highest BCUT2D eigenvalue weighted by Gasteiger charge is 2.25. The van der Waals surface area contributed by atoms with Gasteiger partial charge < -0.3 is 14.2 Å². The smallest absolute Gasteiger partial charge is 0.265 e. The maximum absolute atomic E-state index is 12.9. The van der Waals surface area contributed by atoms with Crippen molar-refractivity contribution in [3.8, 4) is 17.2 Å². The van der Waals surface area contributed by atoms with Crippen LogP contribution in [0.4, 0.5) is 5.69 Å². The highest BCUT2D eigenvalue weighted by molar-refractivity contribution is 7.92. The molecule has 0 bridgehead atoms. The average molecular weight is 395 g/mol. The molecule has 0 unspecified atom stereocenters. The number of anilines is 1. The molecule has 1 aromatic carbocycles. The first kappa shape index (κ1) is 19.3. The zero-order valence-electron chi connectivity index (χ0n) is 16.0. The van der Waals surface area contributed by atoms with E-state index in [4.69, 9.17) is 14.2 Å². The summed E-state index contributed by atoms with van der Waals surface area (Å²) in [5, 5.41) is 4.42. The predicted octanol–water partition coefficient (Wildman–Crippen LogP) is 3.13. The summed E-state index contributed by atoms with van der Waals surface area (Å²) in [5.41, 5.74) is 0.791. The summed E-state index contributed by atoms with van der Waals surface area (Å²) in [5.74, 6) is 1.13. The molecule has 27 heavy (non-hydrogen) atoms. The number of hydrogen-bond donors (Lipinski definition) is 1. The van der Waals surface area contributed by atoms with Gasteiger partial charge in [0.1, 0.15) is 4.90 Å². The van der Waals surface area contributed by atoms with Gasteiger partial charge in [0.25, 0.3) is 10.0 Å². The number of hydrogen-bond acceptors (Lipinski definition) is 6. The quantitative estimate of drug-likeness (QED) is 0.774. The van der Waals surface area contributed by atoms with Gasteiger partial charge in [-0.3, -0.25) is 9.40 Å². The Balaban J connectivity index is 1.93. The molecule has 3 rings (SSSR count). The van der Waals surface area contributed by atoms with Gasteiger partial charge in [0.05, 0.1) is 38.8 Å². The molecule has 0 saturated heterocycles. The van der Waals surface area contributed by atoms with Crippen LogP contribution in [0.1, 0.15) is 37.4 Å². The van der Waals surface area contributed by atoms with Crippen molar-refractivity contribution in [1.29, 1.82) is 0 Å². The maximum atomic E-state index is 12.9. The minimum Gasteiger partial charge on any atom is -0.493 e. The molecule has 1 saturated carbocycles. The molecule has 1 N–H and O–H groups in total. The van der Waals surface area contributed by atoms with E-state index in [1.165, 1.54) is 21.3 Å². The maximum Gasteiger partial charge on any atom is 0.265 e. The second kappa shape index (κ2) is 7.67. The van der Waals surface area contributed by atoms with Gasteiger partial charge in [0.15, 0.2) is 11.5 Å². The van der Waals surface area contributed by atoms with E-state index in [0.717, 1.165) is 25.7 Å². The first-order valence-electron chi connectivity index (χ1n) is 8.78. The van der Waals surface area contributed by atoms with Crippen molar-refractivity contribution in [3.05, 3.63) is 24.0 Å². The summed E-state index contributed by atoms with van der Waals surface area (Å²) in [6, 6.07) is 3.37. The minimum atomic E-state index is -3.81. The van der Waals surface area contributed by atoms with Crippen molar-refractivity contribution in [1.82, 2.24) is 9.78 Å². The SMILES string of the molecule is COc1cc(NS(=O)(=O)c2cn(C3CCCC3)nc2C)cc(OC)c1OC. The molecule has 1 aliphatic rings. The van der Waals surface area contributed by atoms with Crippen LogP contribution in [-0.2, 0) is 10.0 Å². The van der Waals surface area contributed by atoms with Crippen LogP contribution in [0, 0.1) is 6.92 Å². The highest BCUT2D eigenvalue weighted by atomic mass is 32.2. The Hall–Kier alpha value is -2.42. The van der Waals surface area contributed by atoms with Crippen LogP contribution in [0.5, 0.6) is 17.2 Å². The molecule has 1 heterocycles. The molecule has 0 amide bonds. The Morgan fingerprint density at radius 2 is 1.67 bits per heavy atom. The van der Waals surface area contributed by atoms with Gasteiger partial charge in [-0.15, -0.1) is 0 Å². The topological polar surface area (TPSA) is 91.7 Å². The second-order valence-corrected chi connectivity index (χ2v) is 8.17. The normalized spacial score (nSPS) is 15.0. The van der Waals surface area contributed by atoms with Gasteiger partial charge >= 0.3 is 0 Å². The van der Waals surface area contributed by atoms with Crippen LogP contribution in [0.3, 0.4) is 0 Å². The monoisotopic (exact) mass is 395 g/mol. The van der Waals surface area contributed by atoms with Gasteiger partial charge in [-0.2, -0.15) is 5.10 Å². The summed E-state index contributed by atoms with van der Waals surface area (Å²) in [6.45, 7) is 1.70. The Morgan fingerprint density at radius 1 is 1.07 bits per heavy atom. The van der Waals surface area contributed by atoms with Crippen LogP contribution in [0.25, 0.3) is 0 Å². The minimum absolute atomic E-state index is 0.170. The second-order valence-electron chi connectivity index (χ2n) is 6.52. The molecule has 148 valence electrons. The van der Waals surface area contributed by atoms with Gasteiger partial charge in [-0.25, -0.2) is 8.42 Å². The summed E-state index contributed by atoms with van der Waals surface area (Å²) < 4.78 is 46.0. The fourth-order valence-corrected chi connectivity index (χ4v) is 4.65. The Kier molecular flexibility index (Phi) is 5.50. The molecule has 9 heteroatoms. The number of aromatic nitrogens is 2. The zero-order valence-corrected chi connectivity index (χ0v) is 16.8. The number of nitrogens with zero attached hydrogens (tertiary/aromatic N) is 2. The fourth-order valence-electron chi connectivity index (χ4n) is 3.43. The first-order valence-corrected chi connectivity index (χ1v) is 10.3. The number of sulfonamides is 1. The van der Waals surface area contributed by atoms with Crippen molar-refractivity contribution in [2.45, 2.75) is 43.5 Å². The summed E-state index contributed by atoms with van der Waals surface area (Å²) in [7, 11) is 0.639. The molecular weight excluding hydrogens is 370 g/mol. The van der Waals surface area contributed by atoms with Gasteiger partial charge in [-0.1, -0.05) is 12.8 Å². The van der Waals surface area contributed by atoms with Gasteiger partial charge in [-0.05, 0) is 19.8 Å². The van der Waals surface area contributed by atoms with E-state index in [1.54, 1.807) is 29.9 Å². The molecule has 1 aromatic heterocycles.